The zero-order chi connectivity index (χ0) is 15.0. The van der Waals surface area contributed by atoms with Gasteiger partial charge in [-0.15, -0.1) is 22.7 Å². The minimum Gasteiger partial charge on any atom is -0.478 e. The van der Waals surface area contributed by atoms with Gasteiger partial charge in [0.2, 0.25) is 0 Å². The number of hydrogen-bond donors (Lipinski definition) is 1. The van der Waals surface area contributed by atoms with Crippen molar-refractivity contribution >= 4 is 44.6 Å². The van der Waals surface area contributed by atoms with Crippen molar-refractivity contribution in [3.63, 3.8) is 0 Å². The van der Waals surface area contributed by atoms with Crippen molar-refractivity contribution in [3.05, 3.63) is 50.9 Å². The van der Waals surface area contributed by atoms with Crippen LogP contribution in [0.4, 0.5) is 4.39 Å². The molecule has 3 rings (SSSR count). The number of thiophene rings is 1. The van der Waals surface area contributed by atoms with Gasteiger partial charge in [0.25, 0.3) is 0 Å². The van der Waals surface area contributed by atoms with Crippen LogP contribution in [0.1, 0.15) is 10.4 Å². The Morgan fingerprint density at radius 2 is 2.05 bits per heavy atom. The fraction of sp³-hybridized carbons (Fsp3) is 0. The molecule has 7 heteroatoms. The monoisotopic (exact) mass is 383 g/mol. The van der Waals surface area contributed by atoms with Crippen LogP contribution in [-0.4, -0.2) is 16.1 Å². The van der Waals surface area contributed by atoms with E-state index < -0.39 is 5.97 Å². The number of carboxylic acid groups (broad SMARTS) is 1. The van der Waals surface area contributed by atoms with Crippen LogP contribution in [0.15, 0.2) is 39.5 Å². The number of hydrogen-bond acceptors (Lipinski definition) is 4. The first kappa shape index (κ1) is 14.4. The van der Waals surface area contributed by atoms with E-state index in [0.717, 1.165) is 21.1 Å². The Balaban J connectivity index is 1.95. The maximum atomic E-state index is 13.2. The molecule has 0 aliphatic heterocycles. The molecule has 0 atom stereocenters. The predicted molar refractivity (Wildman–Crippen MR) is 85.5 cm³/mol. The first-order valence-electron chi connectivity index (χ1n) is 5.78. The maximum Gasteiger partial charge on any atom is 0.336 e. The summed E-state index contributed by atoms with van der Waals surface area (Å²) in [5, 5.41) is 13.1. The fourth-order valence-corrected chi connectivity index (χ4v) is 3.84. The standard InChI is InChI=1S/C14H7BrFNO2S2/c15-9-3-7(1-2-10(9)16)13-17-11(6-21-13)12-4-8(5-20-12)14(18)19/h1-6H,(H,18,19). The van der Waals surface area contributed by atoms with Crippen LogP contribution in [0.25, 0.3) is 21.1 Å². The molecule has 1 N–H and O–H groups in total. The highest BCUT2D eigenvalue weighted by Crippen LogP contribution is 2.33. The molecule has 0 radical (unpaired) electrons. The Hall–Kier alpha value is -1.57. The average molecular weight is 384 g/mol. The van der Waals surface area contributed by atoms with Gasteiger partial charge in [-0.3, -0.25) is 0 Å². The second-order valence-electron chi connectivity index (χ2n) is 4.17. The molecule has 106 valence electrons. The summed E-state index contributed by atoms with van der Waals surface area (Å²) in [7, 11) is 0. The largest absolute Gasteiger partial charge is 0.478 e. The molecular formula is C14H7BrFNO2S2. The predicted octanol–water partition coefficient (Wildman–Crippen LogP) is 5.14. The van der Waals surface area contributed by atoms with E-state index in [4.69, 9.17) is 5.11 Å². The highest BCUT2D eigenvalue weighted by atomic mass is 79.9. The zero-order valence-electron chi connectivity index (χ0n) is 10.3. The molecule has 0 saturated carbocycles. The van der Waals surface area contributed by atoms with E-state index in [2.05, 4.69) is 20.9 Å². The fourth-order valence-electron chi connectivity index (χ4n) is 1.73. The SMILES string of the molecule is O=C(O)c1csc(-c2csc(-c3ccc(F)c(Br)c3)n2)c1. The van der Waals surface area contributed by atoms with Crippen LogP contribution in [0.5, 0.6) is 0 Å². The molecule has 2 heterocycles. The Morgan fingerprint density at radius 1 is 1.24 bits per heavy atom. The third-order valence-corrected chi connectivity index (χ3v) is 5.22. The molecular weight excluding hydrogens is 377 g/mol. The first-order valence-corrected chi connectivity index (χ1v) is 8.33. The van der Waals surface area contributed by atoms with E-state index in [9.17, 15) is 9.18 Å². The van der Waals surface area contributed by atoms with Crippen molar-refractivity contribution < 1.29 is 14.3 Å². The lowest BCUT2D eigenvalue weighted by atomic mass is 10.2. The summed E-state index contributed by atoms with van der Waals surface area (Å²) in [4.78, 5) is 16.2. The molecule has 0 fully saturated rings. The smallest absolute Gasteiger partial charge is 0.336 e. The van der Waals surface area contributed by atoms with Gasteiger partial charge in [0, 0.05) is 16.3 Å². The Bertz CT molecular complexity index is 828. The van der Waals surface area contributed by atoms with Crippen molar-refractivity contribution in [1.29, 1.82) is 0 Å². The highest BCUT2D eigenvalue weighted by molar-refractivity contribution is 9.10. The van der Waals surface area contributed by atoms with Crippen molar-refractivity contribution in [2.45, 2.75) is 0 Å². The molecule has 3 aromatic rings. The summed E-state index contributed by atoms with van der Waals surface area (Å²) in [6, 6.07) is 6.33. The summed E-state index contributed by atoms with van der Waals surface area (Å²) in [6.45, 7) is 0. The lowest BCUT2D eigenvalue weighted by Gasteiger charge is -1.98. The Labute approximate surface area is 135 Å². The van der Waals surface area contributed by atoms with Gasteiger partial charge in [-0.1, -0.05) is 0 Å². The molecule has 0 aliphatic rings. The summed E-state index contributed by atoms with van der Waals surface area (Å²) in [5.74, 6) is -1.27. The molecule has 1 aromatic carbocycles. The summed E-state index contributed by atoms with van der Waals surface area (Å²) in [5.41, 5.74) is 1.80. The average Bonchev–Trinajstić information content (AvgIpc) is 3.09. The van der Waals surface area contributed by atoms with Crippen LogP contribution >= 0.6 is 38.6 Å². The molecule has 0 saturated heterocycles. The van der Waals surface area contributed by atoms with Gasteiger partial charge in [0.1, 0.15) is 10.8 Å². The van der Waals surface area contributed by atoms with Gasteiger partial charge in [0.15, 0.2) is 0 Å². The molecule has 3 nitrogen and oxygen atoms in total. The third-order valence-electron chi connectivity index (χ3n) is 2.77. The van der Waals surface area contributed by atoms with Crippen molar-refractivity contribution in [2.24, 2.45) is 0 Å². The van der Waals surface area contributed by atoms with E-state index in [1.165, 1.54) is 28.7 Å². The molecule has 0 amide bonds. The minimum absolute atomic E-state index is 0.258. The molecule has 0 unspecified atom stereocenters. The van der Waals surface area contributed by atoms with Crippen LogP contribution in [0.3, 0.4) is 0 Å². The number of aromatic nitrogens is 1. The normalized spacial score (nSPS) is 10.8. The lowest BCUT2D eigenvalue weighted by molar-refractivity contribution is 0.0697. The second kappa shape index (κ2) is 5.67. The topological polar surface area (TPSA) is 50.2 Å². The van der Waals surface area contributed by atoms with Crippen LogP contribution < -0.4 is 0 Å². The number of nitrogens with zero attached hydrogens (tertiary/aromatic N) is 1. The second-order valence-corrected chi connectivity index (χ2v) is 6.80. The number of carbonyl (C=O) groups is 1. The van der Waals surface area contributed by atoms with Gasteiger partial charge >= 0.3 is 5.97 Å². The number of carboxylic acids is 1. The highest BCUT2D eigenvalue weighted by Gasteiger charge is 2.12. The number of aromatic carboxylic acids is 1. The molecule has 0 spiro atoms. The van der Waals surface area contributed by atoms with Gasteiger partial charge in [-0.25, -0.2) is 14.2 Å². The third kappa shape index (κ3) is 2.90. The summed E-state index contributed by atoms with van der Waals surface area (Å²) < 4.78 is 13.6. The van der Waals surface area contributed by atoms with Crippen LogP contribution in [0.2, 0.25) is 0 Å². The lowest BCUT2D eigenvalue weighted by Crippen LogP contribution is -1.91. The van der Waals surface area contributed by atoms with Crippen LogP contribution in [-0.2, 0) is 0 Å². The number of halogens is 2. The zero-order valence-corrected chi connectivity index (χ0v) is 13.6. The molecule has 21 heavy (non-hydrogen) atoms. The van der Waals surface area contributed by atoms with Gasteiger partial charge < -0.3 is 5.11 Å². The number of rotatable bonds is 3. The van der Waals surface area contributed by atoms with Gasteiger partial charge in [-0.05, 0) is 40.2 Å². The summed E-state index contributed by atoms with van der Waals surface area (Å²) in [6.07, 6.45) is 0. The van der Waals surface area contributed by atoms with Gasteiger partial charge in [0.05, 0.1) is 20.6 Å². The van der Waals surface area contributed by atoms with Crippen molar-refractivity contribution in [3.8, 4) is 21.1 Å². The number of benzene rings is 1. The molecule has 0 bridgehead atoms. The Morgan fingerprint density at radius 3 is 2.71 bits per heavy atom. The van der Waals surface area contributed by atoms with Crippen molar-refractivity contribution in [2.75, 3.05) is 0 Å². The summed E-state index contributed by atoms with van der Waals surface area (Å²) >= 11 is 5.93. The van der Waals surface area contributed by atoms with E-state index in [1.54, 1.807) is 23.6 Å². The van der Waals surface area contributed by atoms with E-state index in [1.807, 2.05) is 5.38 Å². The van der Waals surface area contributed by atoms with E-state index in [0.29, 0.717) is 4.47 Å². The van der Waals surface area contributed by atoms with E-state index in [-0.39, 0.29) is 11.4 Å². The Kier molecular flexibility index (Phi) is 3.88. The number of thiazole rings is 1. The van der Waals surface area contributed by atoms with Gasteiger partial charge in [-0.2, -0.15) is 0 Å². The molecule has 2 aromatic heterocycles. The maximum absolute atomic E-state index is 13.2. The van der Waals surface area contributed by atoms with E-state index >= 15 is 0 Å². The van der Waals surface area contributed by atoms with Crippen molar-refractivity contribution in [1.82, 2.24) is 4.98 Å². The minimum atomic E-state index is -0.949. The van der Waals surface area contributed by atoms with Crippen LogP contribution in [0, 0.1) is 5.82 Å². The first-order chi connectivity index (χ1) is 10.0. The quantitative estimate of drug-likeness (QED) is 0.681. The molecule has 0 aliphatic carbocycles.